The lowest BCUT2D eigenvalue weighted by Gasteiger charge is -2.33. The van der Waals surface area contributed by atoms with Crippen LogP contribution >= 0.6 is 7.60 Å². The molecular formula is C12H23O5P. The van der Waals surface area contributed by atoms with Crippen LogP contribution in [0.3, 0.4) is 0 Å². The molecule has 18 heavy (non-hydrogen) atoms. The first-order valence-corrected chi connectivity index (χ1v) is 7.98. The molecule has 1 aliphatic heterocycles. The molecule has 6 heteroatoms. The summed E-state index contributed by atoms with van der Waals surface area (Å²) >= 11 is 0. The Hall–Kier alpha value is -0.350. The normalized spacial score (nSPS) is 28.7. The van der Waals surface area contributed by atoms with E-state index in [1.807, 2.05) is 13.8 Å². The lowest BCUT2D eigenvalue weighted by molar-refractivity contribution is -0.117. The van der Waals surface area contributed by atoms with Crippen LogP contribution in [0.5, 0.6) is 0 Å². The van der Waals surface area contributed by atoms with E-state index in [-0.39, 0.29) is 30.5 Å². The topological polar surface area (TPSA) is 65.0 Å². The van der Waals surface area contributed by atoms with Crippen molar-refractivity contribution in [2.24, 2.45) is 11.8 Å². The minimum atomic E-state index is -3.43. The number of allylic oxidation sites excluding steroid dienone is 1. The third kappa shape index (κ3) is 3.35. The molecule has 0 spiro atoms. The van der Waals surface area contributed by atoms with Gasteiger partial charge in [-0.3, -0.25) is 4.57 Å². The molecule has 1 N–H and O–H groups in total. The fraction of sp³-hybridized carbons (Fsp3) is 0.833. The van der Waals surface area contributed by atoms with Gasteiger partial charge in [0.2, 0.25) is 11.8 Å². The van der Waals surface area contributed by atoms with Gasteiger partial charge < -0.3 is 18.9 Å². The van der Waals surface area contributed by atoms with Crippen LogP contribution in [-0.4, -0.2) is 24.6 Å². The summed E-state index contributed by atoms with van der Waals surface area (Å²) in [5.41, 5.74) is 0.142. The Labute approximate surface area is 109 Å². The van der Waals surface area contributed by atoms with E-state index < -0.39 is 13.9 Å². The fourth-order valence-corrected chi connectivity index (χ4v) is 3.59. The van der Waals surface area contributed by atoms with Gasteiger partial charge in [-0.25, -0.2) is 0 Å². The molecule has 0 radical (unpaired) electrons. The second-order valence-electron chi connectivity index (χ2n) is 4.28. The Kier molecular flexibility index (Phi) is 5.86. The van der Waals surface area contributed by atoms with Crippen LogP contribution in [0.15, 0.2) is 11.6 Å². The Morgan fingerprint density at radius 2 is 1.89 bits per heavy atom. The van der Waals surface area contributed by atoms with Crippen LogP contribution in [0, 0.1) is 11.8 Å². The maximum absolute atomic E-state index is 12.5. The second kappa shape index (κ2) is 6.71. The number of hydrogen-bond donors (Lipinski definition) is 1. The van der Waals surface area contributed by atoms with Gasteiger partial charge in [0.05, 0.1) is 13.2 Å². The molecule has 0 aromatic rings. The van der Waals surface area contributed by atoms with Crippen molar-refractivity contribution in [3.8, 4) is 0 Å². The van der Waals surface area contributed by atoms with Gasteiger partial charge in [-0.15, -0.1) is 0 Å². The third-order valence-corrected chi connectivity index (χ3v) is 5.05. The molecule has 0 bridgehead atoms. The molecule has 1 aliphatic rings. The number of ether oxygens (including phenoxy) is 1. The molecule has 5 nitrogen and oxygen atoms in total. The Bertz CT molecular complexity index is 331. The van der Waals surface area contributed by atoms with Gasteiger partial charge in [0, 0.05) is 5.92 Å². The zero-order valence-electron chi connectivity index (χ0n) is 11.5. The highest BCUT2D eigenvalue weighted by Gasteiger charge is 2.39. The summed E-state index contributed by atoms with van der Waals surface area (Å²) in [5, 5.41) is 9.85. The van der Waals surface area contributed by atoms with Gasteiger partial charge in [-0.2, -0.15) is 0 Å². The summed E-state index contributed by atoms with van der Waals surface area (Å²) in [6.45, 7) is 7.93. The molecule has 1 unspecified atom stereocenters. The zero-order chi connectivity index (χ0) is 13.8. The van der Waals surface area contributed by atoms with Crippen molar-refractivity contribution in [1.29, 1.82) is 0 Å². The third-order valence-electron chi connectivity index (χ3n) is 3.06. The zero-order valence-corrected chi connectivity index (χ0v) is 12.4. The van der Waals surface area contributed by atoms with E-state index in [0.29, 0.717) is 0 Å². The van der Waals surface area contributed by atoms with Crippen LogP contribution < -0.4 is 0 Å². The molecule has 1 rings (SSSR count). The van der Waals surface area contributed by atoms with Crippen molar-refractivity contribution in [2.45, 2.75) is 40.4 Å². The average molecular weight is 278 g/mol. The Morgan fingerprint density at radius 3 is 2.33 bits per heavy atom. The first-order chi connectivity index (χ1) is 8.48. The SMILES string of the molecule is CCOP(=O)(OCC)C1=C[C@H](CC)[C@@H](C)C(O)O1. The van der Waals surface area contributed by atoms with Crippen molar-refractivity contribution in [2.75, 3.05) is 13.2 Å². The van der Waals surface area contributed by atoms with Crippen molar-refractivity contribution < 1.29 is 23.5 Å². The fourth-order valence-electron chi connectivity index (χ4n) is 1.97. The minimum Gasteiger partial charge on any atom is -0.457 e. The van der Waals surface area contributed by atoms with E-state index in [0.717, 1.165) is 6.42 Å². The summed E-state index contributed by atoms with van der Waals surface area (Å²) in [5.74, 6) is 0.0773. The molecule has 106 valence electrons. The predicted molar refractivity (Wildman–Crippen MR) is 69.0 cm³/mol. The van der Waals surface area contributed by atoms with E-state index in [4.69, 9.17) is 13.8 Å². The average Bonchev–Trinajstić information content (AvgIpc) is 2.33. The monoisotopic (exact) mass is 278 g/mol. The van der Waals surface area contributed by atoms with E-state index in [9.17, 15) is 9.67 Å². The van der Waals surface area contributed by atoms with E-state index >= 15 is 0 Å². The van der Waals surface area contributed by atoms with Crippen LogP contribution in [0.2, 0.25) is 0 Å². The highest BCUT2D eigenvalue weighted by Crippen LogP contribution is 2.58. The van der Waals surface area contributed by atoms with Gasteiger partial charge in [0.1, 0.15) is 0 Å². The lowest BCUT2D eigenvalue weighted by atomic mass is 9.90. The highest BCUT2D eigenvalue weighted by molar-refractivity contribution is 7.58. The molecule has 0 aliphatic carbocycles. The van der Waals surface area contributed by atoms with Crippen molar-refractivity contribution in [3.05, 3.63) is 11.6 Å². The summed E-state index contributed by atoms with van der Waals surface area (Å²) < 4.78 is 28.3. The molecule has 3 atom stereocenters. The second-order valence-corrected chi connectivity index (χ2v) is 6.23. The van der Waals surface area contributed by atoms with E-state index in [2.05, 4.69) is 0 Å². The summed E-state index contributed by atoms with van der Waals surface area (Å²) in [6, 6.07) is 0. The van der Waals surface area contributed by atoms with E-state index in [1.54, 1.807) is 19.9 Å². The van der Waals surface area contributed by atoms with Gasteiger partial charge in [-0.05, 0) is 32.3 Å². The summed E-state index contributed by atoms with van der Waals surface area (Å²) in [6.07, 6.45) is 1.64. The van der Waals surface area contributed by atoms with Crippen molar-refractivity contribution in [3.63, 3.8) is 0 Å². The molecule has 1 heterocycles. The Balaban J connectivity index is 3.01. The first-order valence-electron chi connectivity index (χ1n) is 6.44. The van der Waals surface area contributed by atoms with Gasteiger partial charge in [0.15, 0.2) is 0 Å². The number of aliphatic hydroxyl groups excluding tert-OH is 1. The van der Waals surface area contributed by atoms with E-state index in [1.165, 1.54) is 0 Å². The molecule has 0 saturated heterocycles. The van der Waals surface area contributed by atoms with Crippen molar-refractivity contribution in [1.82, 2.24) is 0 Å². The van der Waals surface area contributed by atoms with Gasteiger partial charge >= 0.3 is 7.60 Å². The van der Waals surface area contributed by atoms with Crippen LogP contribution in [0.4, 0.5) is 0 Å². The molecular weight excluding hydrogens is 255 g/mol. The summed E-state index contributed by atoms with van der Waals surface area (Å²) in [7, 11) is -3.43. The maximum atomic E-state index is 12.5. The number of rotatable bonds is 6. The number of aliphatic hydroxyl groups is 1. The smallest absolute Gasteiger partial charge is 0.395 e. The highest BCUT2D eigenvalue weighted by atomic mass is 31.2. The molecule has 0 aromatic carbocycles. The minimum absolute atomic E-state index is 0.0320. The lowest BCUT2D eigenvalue weighted by Crippen LogP contribution is -2.31. The van der Waals surface area contributed by atoms with Gasteiger partial charge in [0.25, 0.3) is 0 Å². The molecule has 0 fully saturated rings. The van der Waals surface area contributed by atoms with Crippen LogP contribution in [0.25, 0.3) is 0 Å². The maximum Gasteiger partial charge on any atom is 0.395 e. The number of hydrogen-bond acceptors (Lipinski definition) is 5. The predicted octanol–water partition coefficient (Wildman–Crippen LogP) is 3.10. The molecule has 0 aromatic heterocycles. The van der Waals surface area contributed by atoms with Crippen LogP contribution in [0.1, 0.15) is 34.1 Å². The first kappa shape index (κ1) is 15.7. The Morgan fingerprint density at radius 1 is 1.33 bits per heavy atom. The van der Waals surface area contributed by atoms with Gasteiger partial charge in [-0.1, -0.05) is 13.8 Å². The van der Waals surface area contributed by atoms with Crippen LogP contribution in [-0.2, 0) is 18.3 Å². The quantitative estimate of drug-likeness (QED) is 0.756. The van der Waals surface area contributed by atoms with Crippen molar-refractivity contribution >= 4 is 7.60 Å². The summed E-state index contributed by atoms with van der Waals surface area (Å²) in [4.78, 5) is 0. The largest absolute Gasteiger partial charge is 0.457 e. The molecule has 0 amide bonds. The molecule has 0 saturated carbocycles. The standard InChI is InChI=1S/C12H23O5P/c1-5-10-8-11(17-12(13)9(10)4)18(14,15-6-2)16-7-3/h8-10,12-13H,5-7H2,1-4H3/t9-,10+,12?/m1/s1.